The van der Waals surface area contributed by atoms with Gasteiger partial charge in [-0.2, -0.15) is 26.3 Å². The first-order valence-electron chi connectivity index (χ1n) is 5.90. The molecule has 1 N–H and O–H groups in total. The second-order valence-electron chi connectivity index (χ2n) is 4.71. The fraction of sp³-hybridized carbons (Fsp3) is 0.455. The summed E-state index contributed by atoms with van der Waals surface area (Å²) in [5.74, 6) is -0.558. The highest BCUT2D eigenvalue weighted by molar-refractivity contribution is 5.65. The maximum atomic E-state index is 13.0. The lowest BCUT2D eigenvalue weighted by molar-refractivity contribution is -0.385. The van der Waals surface area contributed by atoms with Crippen LogP contribution >= 0.6 is 0 Å². The number of hydrogen-bond donors (Lipinski definition) is 1. The van der Waals surface area contributed by atoms with E-state index in [1.54, 1.807) is 0 Å². The smallest absolute Gasteiger partial charge is 0.440 e. The Kier molecular flexibility index (Phi) is 3.83. The number of rotatable bonds is 2. The standard InChI is InChI=1S/C11H8F6N2O4/c12-10(13,14)4-18-7-2-1-6(19(21)22)3-8(7)23-5-9(18,20)11(15,16)17/h1-3,20H,4-5H2. The first-order chi connectivity index (χ1) is 10.3. The third-order valence-corrected chi connectivity index (χ3v) is 3.11. The van der Waals surface area contributed by atoms with Crippen LogP contribution in [-0.2, 0) is 0 Å². The summed E-state index contributed by atoms with van der Waals surface area (Å²) in [6.45, 7) is -3.67. The highest BCUT2D eigenvalue weighted by Gasteiger charge is 2.62. The second kappa shape index (κ2) is 5.15. The first kappa shape index (κ1) is 17.1. The van der Waals surface area contributed by atoms with E-state index in [4.69, 9.17) is 0 Å². The highest BCUT2D eigenvalue weighted by Crippen LogP contribution is 2.46. The zero-order valence-corrected chi connectivity index (χ0v) is 11.0. The Bertz CT molecular complexity index is 632. The van der Waals surface area contributed by atoms with E-state index < -0.39 is 53.3 Å². The Morgan fingerprint density at radius 2 is 1.91 bits per heavy atom. The number of benzene rings is 1. The molecule has 1 heterocycles. The molecule has 0 amide bonds. The van der Waals surface area contributed by atoms with Crippen LogP contribution in [0.1, 0.15) is 0 Å². The average Bonchev–Trinajstić information content (AvgIpc) is 2.39. The Labute approximate surface area is 124 Å². The van der Waals surface area contributed by atoms with Crippen LogP contribution in [0.5, 0.6) is 5.75 Å². The summed E-state index contributed by atoms with van der Waals surface area (Å²) >= 11 is 0. The predicted molar refractivity (Wildman–Crippen MR) is 63.0 cm³/mol. The summed E-state index contributed by atoms with van der Waals surface area (Å²) in [6, 6.07) is 2.07. The summed E-state index contributed by atoms with van der Waals surface area (Å²) in [7, 11) is 0. The van der Waals surface area contributed by atoms with Crippen molar-refractivity contribution in [1.29, 1.82) is 0 Å². The monoisotopic (exact) mass is 346 g/mol. The van der Waals surface area contributed by atoms with Crippen molar-refractivity contribution in [2.75, 3.05) is 18.1 Å². The fourth-order valence-corrected chi connectivity index (χ4v) is 2.04. The van der Waals surface area contributed by atoms with Gasteiger partial charge in [-0.3, -0.25) is 10.1 Å². The number of nitro groups is 1. The van der Waals surface area contributed by atoms with Gasteiger partial charge < -0.3 is 14.7 Å². The number of nitro benzene ring substituents is 1. The predicted octanol–water partition coefficient (Wildman–Crippen LogP) is 2.61. The van der Waals surface area contributed by atoms with Crippen LogP contribution in [0.15, 0.2) is 18.2 Å². The van der Waals surface area contributed by atoms with E-state index >= 15 is 0 Å². The van der Waals surface area contributed by atoms with Crippen LogP contribution in [0, 0.1) is 10.1 Å². The number of fused-ring (bicyclic) bond motifs is 1. The van der Waals surface area contributed by atoms with Gasteiger partial charge >= 0.3 is 12.4 Å². The lowest BCUT2D eigenvalue weighted by Gasteiger charge is -2.45. The molecule has 1 aromatic carbocycles. The molecule has 1 aliphatic heterocycles. The van der Waals surface area contributed by atoms with Crippen LogP contribution in [-0.4, -0.2) is 41.3 Å². The fourth-order valence-electron chi connectivity index (χ4n) is 2.04. The van der Waals surface area contributed by atoms with Crippen molar-refractivity contribution in [2.45, 2.75) is 18.1 Å². The summed E-state index contributed by atoms with van der Waals surface area (Å²) < 4.78 is 81.4. The molecular formula is C11H8F6N2O4. The zero-order chi connectivity index (χ0) is 17.6. The lowest BCUT2D eigenvalue weighted by Crippen LogP contribution is -2.66. The van der Waals surface area contributed by atoms with Crippen LogP contribution in [0.3, 0.4) is 0 Å². The minimum atomic E-state index is -5.45. The normalized spacial score (nSPS) is 21.6. The minimum absolute atomic E-state index is 0.324. The van der Waals surface area contributed by atoms with Crippen molar-refractivity contribution < 1.29 is 41.1 Å². The summed E-state index contributed by atoms with van der Waals surface area (Å²) in [5, 5.41) is 20.3. The second-order valence-corrected chi connectivity index (χ2v) is 4.71. The van der Waals surface area contributed by atoms with Crippen molar-refractivity contribution in [3.05, 3.63) is 28.3 Å². The highest BCUT2D eigenvalue weighted by atomic mass is 19.4. The van der Waals surface area contributed by atoms with Crippen LogP contribution in [0.25, 0.3) is 0 Å². The van der Waals surface area contributed by atoms with Gasteiger partial charge in [-0.15, -0.1) is 0 Å². The van der Waals surface area contributed by atoms with E-state index in [9.17, 15) is 41.6 Å². The Morgan fingerprint density at radius 1 is 1.30 bits per heavy atom. The quantitative estimate of drug-likeness (QED) is 0.506. The van der Waals surface area contributed by atoms with Crippen molar-refractivity contribution in [2.24, 2.45) is 0 Å². The van der Waals surface area contributed by atoms with Gasteiger partial charge in [0.25, 0.3) is 11.4 Å². The average molecular weight is 346 g/mol. The number of anilines is 1. The molecule has 12 heteroatoms. The molecule has 0 radical (unpaired) electrons. The number of nitrogens with zero attached hydrogens (tertiary/aromatic N) is 2. The molecule has 2 rings (SSSR count). The van der Waals surface area contributed by atoms with Crippen LogP contribution in [0.2, 0.25) is 0 Å². The molecule has 0 aromatic heterocycles. The van der Waals surface area contributed by atoms with E-state index in [0.29, 0.717) is 18.2 Å². The molecule has 0 fully saturated rings. The van der Waals surface area contributed by atoms with Crippen molar-refractivity contribution in [1.82, 2.24) is 0 Å². The molecule has 1 aliphatic rings. The van der Waals surface area contributed by atoms with Gasteiger partial charge in [-0.05, 0) is 6.07 Å². The molecular weight excluding hydrogens is 338 g/mol. The molecule has 1 unspecified atom stereocenters. The maximum absolute atomic E-state index is 13.0. The molecule has 1 atom stereocenters. The number of ether oxygens (including phenoxy) is 1. The van der Waals surface area contributed by atoms with Gasteiger partial charge in [0.05, 0.1) is 16.7 Å². The molecule has 0 bridgehead atoms. The number of hydrogen-bond acceptors (Lipinski definition) is 5. The summed E-state index contributed by atoms with van der Waals surface area (Å²) in [4.78, 5) is 9.40. The van der Waals surface area contributed by atoms with E-state index in [1.165, 1.54) is 0 Å². The maximum Gasteiger partial charge on any atom is 0.440 e. The van der Waals surface area contributed by atoms with Gasteiger partial charge in [0, 0.05) is 6.07 Å². The third kappa shape index (κ3) is 3.11. The van der Waals surface area contributed by atoms with Crippen LogP contribution < -0.4 is 9.64 Å². The lowest BCUT2D eigenvalue weighted by atomic mass is 10.1. The molecule has 0 saturated carbocycles. The molecule has 0 aliphatic carbocycles. The van der Waals surface area contributed by atoms with Gasteiger partial charge in [-0.1, -0.05) is 0 Å². The molecule has 128 valence electrons. The van der Waals surface area contributed by atoms with E-state index in [1.807, 2.05) is 0 Å². The van der Waals surface area contributed by atoms with Crippen molar-refractivity contribution in [3.63, 3.8) is 0 Å². The number of aliphatic hydroxyl groups is 1. The zero-order valence-electron chi connectivity index (χ0n) is 11.0. The van der Waals surface area contributed by atoms with Gasteiger partial charge in [0.1, 0.15) is 18.9 Å². The summed E-state index contributed by atoms with van der Waals surface area (Å²) in [5.41, 5.74) is -5.24. The number of alkyl halides is 6. The molecule has 0 saturated heterocycles. The largest absolute Gasteiger partial charge is 0.486 e. The van der Waals surface area contributed by atoms with Crippen LogP contribution in [0.4, 0.5) is 37.7 Å². The van der Waals surface area contributed by atoms with Crippen molar-refractivity contribution in [3.8, 4) is 5.75 Å². The van der Waals surface area contributed by atoms with Gasteiger partial charge in [-0.25, -0.2) is 0 Å². The molecule has 6 nitrogen and oxygen atoms in total. The Hall–Kier alpha value is -2.24. The molecule has 23 heavy (non-hydrogen) atoms. The Balaban J connectivity index is 2.56. The van der Waals surface area contributed by atoms with Gasteiger partial charge in [0.15, 0.2) is 0 Å². The number of non-ortho nitro benzene ring substituents is 1. The minimum Gasteiger partial charge on any atom is -0.486 e. The van der Waals surface area contributed by atoms with E-state index in [2.05, 4.69) is 4.74 Å². The molecule has 1 aromatic rings. The molecule has 0 spiro atoms. The summed E-state index contributed by atoms with van der Waals surface area (Å²) in [6.07, 6.45) is -10.5. The third-order valence-electron chi connectivity index (χ3n) is 3.11. The van der Waals surface area contributed by atoms with Gasteiger partial charge in [0.2, 0.25) is 0 Å². The first-order valence-corrected chi connectivity index (χ1v) is 5.90. The van der Waals surface area contributed by atoms with E-state index in [-0.39, 0.29) is 4.90 Å². The SMILES string of the molecule is O=[N+]([O-])c1ccc2c(c1)OCC(O)(C(F)(F)F)N2CC(F)(F)F. The van der Waals surface area contributed by atoms with Crippen molar-refractivity contribution >= 4 is 11.4 Å². The number of halogens is 6. The van der Waals surface area contributed by atoms with E-state index in [0.717, 1.165) is 0 Å². The topological polar surface area (TPSA) is 75.8 Å². The Morgan fingerprint density at radius 3 is 2.39 bits per heavy atom.